The van der Waals surface area contributed by atoms with Crippen LogP contribution in [0.4, 0.5) is 0 Å². The first-order valence-corrected chi connectivity index (χ1v) is 10.6. The highest BCUT2D eigenvalue weighted by Gasteiger charge is 2.40. The molecule has 0 aliphatic carbocycles. The Hall–Kier alpha value is -2.19. The third kappa shape index (κ3) is 5.05. The molecule has 0 aromatic heterocycles. The predicted octanol–water partition coefficient (Wildman–Crippen LogP) is 4.54. The lowest BCUT2D eigenvalue weighted by molar-refractivity contribution is -0.0429. The third-order valence-electron chi connectivity index (χ3n) is 6.07. The van der Waals surface area contributed by atoms with Crippen molar-refractivity contribution >= 4 is 0 Å². The Bertz CT molecular complexity index is 852. The van der Waals surface area contributed by atoms with Crippen LogP contribution < -0.4 is 5.32 Å². The molecule has 1 unspecified atom stereocenters. The van der Waals surface area contributed by atoms with Gasteiger partial charge in [-0.2, -0.15) is 5.26 Å². The molecule has 2 N–H and O–H groups in total. The number of benzene rings is 2. The van der Waals surface area contributed by atoms with Crippen molar-refractivity contribution in [2.24, 2.45) is 5.92 Å². The fourth-order valence-electron chi connectivity index (χ4n) is 4.50. The monoisotopic (exact) mass is 392 g/mol. The van der Waals surface area contributed by atoms with Gasteiger partial charge in [0.2, 0.25) is 0 Å². The van der Waals surface area contributed by atoms with Gasteiger partial charge in [-0.05, 0) is 74.4 Å². The Morgan fingerprint density at radius 3 is 2.79 bits per heavy atom. The highest BCUT2D eigenvalue weighted by atomic mass is 16.5. The standard InChI is InChI=1S/C25H32N2O2/c1-19-7-5-8-21(15-19)23-16-20(17-26)10-11-24(23)25(28,12-3-4-14-29-2)22-9-6-13-27-18-22/h5,7-8,10-11,15-16,22,27-28H,3-4,6,9,12-14,18H2,1-2H3/t22?,25-/m0/s1. The average molecular weight is 393 g/mol. The topological polar surface area (TPSA) is 65.3 Å². The minimum Gasteiger partial charge on any atom is -0.385 e. The third-order valence-corrected chi connectivity index (χ3v) is 6.07. The lowest BCUT2D eigenvalue weighted by Gasteiger charge is -2.40. The van der Waals surface area contributed by atoms with Crippen LogP contribution in [0.3, 0.4) is 0 Å². The van der Waals surface area contributed by atoms with E-state index in [1.54, 1.807) is 7.11 Å². The van der Waals surface area contributed by atoms with Crippen LogP contribution in [-0.2, 0) is 10.3 Å². The van der Waals surface area contributed by atoms with Crippen molar-refractivity contribution in [2.45, 2.75) is 44.6 Å². The molecular weight excluding hydrogens is 360 g/mol. The number of aryl methyl sites for hydroxylation is 1. The summed E-state index contributed by atoms with van der Waals surface area (Å²) >= 11 is 0. The second-order valence-corrected chi connectivity index (χ2v) is 8.16. The smallest absolute Gasteiger partial charge is 0.0991 e. The van der Waals surface area contributed by atoms with E-state index in [4.69, 9.17) is 4.74 Å². The minimum absolute atomic E-state index is 0.148. The Morgan fingerprint density at radius 2 is 2.10 bits per heavy atom. The molecule has 0 saturated carbocycles. The van der Waals surface area contributed by atoms with E-state index in [-0.39, 0.29) is 5.92 Å². The summed E-state index contributed by atoms with van der Waals surface area (Å²) < 4.78 is 5.21. The van der Waals surface area contributed by atoms with Crippen LogP contribution in [0.1, 0.15) is 48.8 Å². The number of nitriles is 1. The maximum atomic E-state index is 12.1. The van der Waals surface area contributed by atoms with Gasteiger partial charge >= 0.3 is 0 Å². The normalized spacial score (nSPS) is 18.8. The van der Waals surface area contributed by atoms with Crippen LogP contribution in [0.15, 0.2) is 42.5 Å². The van der Waals surface area contributed by atoms with Gasteiger partial charge < -0.3 is 15.2 Å². The number of methoxy groups -OCH3 is 1. The summed E-state index contributed by atoms with van der Waals surface area (Å²) in [6.45, 7) is 4.60. The molecule has 0 bridgehead atoms. The molecule has 29 heavy (non-hydrogen) atoms. The fourth-order valence-corrected chi connectivity index (χ4v) is 4.50. The number of nitrogens with zero attached hydrogens (tertiary/aromatic N) is 1. The van der Waals surface area contributed by atoms with Gasteiger partial charge in [-0.15, -0.1) is 0 Å². The lowest BCUT2D eigenvalue weighted by atomic mass is 9.72. The molecule has 154 valence electrons. The quantitative estimate of drug-likeness (QED) is 0.648. The van der Waals surface area contributed by atoms with E-state index >= 15 is 0 Å². The number of unbranched alkanes of at least 4 members (excludes halogenated alkanes) is 1. The predicted molar refractivity (Wildman–Crippen MR) is 117 cm³/mol. The number of hydrogen-bond donors (Lipinski definition) is 2. The molecule has 1 aliphatic rings. The Labute approximate surface area is 174 Å². The molecule has 2 atom stereocenters. The first-order chi connectivity index (χ1) is 14.1. The summed E-state index contributed by atoms with van der Waals surface area (Å²) in [5.41, 5.74) is 3.80. The van der Waals surface area contributed by atoms with Gasteiger partial charge in [-0.3, -0.25) is 0 Å². The summed E-state index contributed by atoms with van der Waals surface area (Å²) in [5, 5.41) is 25.1. The minimum atomic E-state index is -0.936. The average Bonchev–Trinajstić information content (AvgIpc) is 2.77. The number of rotatable bonds is 8. The molecule has 2 aromatic carbocycles. The molecular formula is C25H32N2O2. The first-order valence-electron chi connectivity index (χ1n) is 10.6. The second kappa shape index (κ2) is 10.0. The Morgan fingerprint density at radius 1 is 1.24 bits per heavy atom. The zero-order valence-electron chi connectivity index (χ0n) is 17.6. The van der Waals surface area contributed by atoms with Gasteiger partial charge in [-0.1, -0.05) is 35.9 Å². The zero-order chi connectivity index (χ0) is 20.7. The van der Waals surface area contributed by atoms with Crippen LogP contribution in [-0.4, -0.2) is 31.9 Å². The highest BCUT2D eigenvalue weighted by Crippen LogP contribution is 2.43. The largest absolute Gasteiger partial charge is 0.385 e. The van der Waals surface area contributed by atoms with E-state index in [1.165, 1.54) is 5.56 Å². The molecule has 0 amide bonds. The molecule has 2 aromatic rings. The lowest BCUT2D eigenvalue weighted by Crippen LogP contribution is -2.44. The van der Waals surface area contributed by atoms with Crippen LogP contribution in [0.5, 0.6) is 0 Å². The summed E-state index contributed by atoms with van der Waals surface area (Å²) in [4.78, 5) is 0. The van der Waals surface area contributed by atoms with E-state index in [0.29, 0.717) is 18.6 Å². The first kappa shape index (κ1) is 21.5. The number of aliphatic hydroxyl groups is 1. The Balaban J connectivity index is 2.07. The van der Waals surface area contributed by atoms with Gasteiger partial charge in [0.15, 0.2) is 0 Å². The summed E-state index contributed by atoms with van der Waals surface area (Å²) in [6.07, 6.45) is 4.58. The van der Waals surface area contributed by atoms with Gasteiger partial charge in [-0.25, -0.2) is 0 Å². The van der Waals surface area contributed by atoms with Crippen molar-refractivity contribution in [1.29, 1.82) is 5.26 Å². The molecule has 3 rings (SSSR count). The van der Waals surface area contributed by atoms with Crippen molar-refractivity contribution in [3.63, 3.8) is 0 Å². The van der Waals surface area contributed by atoms with E-state index in [0.717, 1.165) is 55.5 Å². The van der Waals surface area contributed by atoms with Crippen LogP contribution in [0, 0.1) is 24.2 Å². The van der Waals surface area contributed by atoms with Crippen molar-refractivity contribution in [3.8, 4) is 17.2 Å². The molecule has 0 radical (unpaired) electrons. The molecule has 0 spiro atoms. The number of nitrogens with one attached hydrogen (secondary N) is 1. The van der Waals surface area contributed by atoms with Gasteiger partial charge in [0.05, 0.1) is 17.2 Å². The van der Waals surface area contributed by atoms with E-state index in [9.17, 15) is 10.4 Å². The summed E-state index contributed by atoms with van der Waals surface area (Å²) in [7, 11) is 1.72. The Kier molecular flexibility index (Phi) is 7.44. The van der Waals surface area contributed by atoms with Crippen molar-refractivity contribution in [3.05, 3.63) is 59.2 Å². The van der Waals surface area contributed by atoms with E-state index in [2.05, 4.69) is 36.5 Å². The van der Waals surface area contributed by atoms with Crippen LogP contribution in [0.25, 0.3) is 11.1 Å². The zero-order valence-corrected chi connectivity index (χ0v) is 17.6. The highest BCUT2D eigenvalue weighted by molar-refractivity contribution is 5.71. The molecule has 1 heterocycles. The van der Waals surface area contributed by atoms with Crippen molar-refractivity contribution in [1.82, 2.24) is 5.32 Å². The summed E-state index contributed by atoms with van der Waals surface area (Å²) in [6, 6.07) is 16.3. The molecule has 4 nitrogen and oxygen atoms in total. The van der Waals surface area contributed by atoms with Gasteiger partial charge in [0.25, 0.3) is 0 Å². The van der Waals surface area contributed by atoms with Crippen molar-refractivity contribution < 1.29 is 9.84 Å². The maximum absolute atomic E-state index is 12.1. The van der Waals surface area contributed by atoms with Gasteiger partial charge in [0.1, 0.15) is 0 Å². The maximum Gasteiger partial charge on any atom is 0.0991 e. The van der Waals surface area contributed by atoms with Crippen LogP contribution in [0.2, 0.25) is 0 Å². The van der Waals surface area contributed by atoms with Crippen molar-refractivity contribution in [2.75, 3.05) is 26.8 Å². The number of hydrogen-bond acceptors (Lipinski definition) is 4. The van der Waals surface area contributed by atoms with Crippen LogP contribution >= 0.6 is 0 Å². The number of ether oxygens (including phenoxy) is 1. The molecule has 1 fully saturated rings. The second-order valence-electron chi connectivity index (χ2n) is 8.16. The molecule has 1 aliphatic heterocycles. The van der Waals surface area contributed by atoms with Gasteiger partial charge in [0, 0.05) is 26.2 Å². The fraction of sp³-hybridized carbons (Fsp3) is 0.480. The van der Waals surface area contributed by atoms with E-state index in [1.807, 2.05) is 24.3 Å². The SMILES string of the molecule is COCCCC[C@@](O)(c1ccc(C#N)cc1-c1cccc(C)c1)C1CCCNC1. The molecule has 4 heteroatoms. The van der Waals surface area contributed by atoms with E-state index < -0.39 is 5.60 Å². The number of piperidine rings is 1. The molecule has 1 saturated heterocycles. The summed E-state index contributed by atoms with van der Waals surface area (Å²) in [5.74, 6) is 0.148.